The fourth-order valence-electron chi connectivity index (χ4n) is 2.72. The van der Waals surface area contributed by atoms with Gasteiger partial charge in [0, 0.05) is 30.6 Å². The summed E-state index contributed by atoms with van der Waals surface area (Å²) in [4.78, 5) is 26.4. The van der Waals surface area contributed by atoms with Gasteiger partial charge in [0.25, 0.3) is 11.6 Å². The van der Waals surface area contributed by atoms with Crippen molar-refractivity contribution in [2.75, 3.05) is 0 Å². The molecule has 25 heavy (non-hydrogen) atoms. The molecule has 0 unspecified atom stereocenters. The number of amides is 1. The topological polar surface area (TPSA) is 103 Å². The van der Waals surface area contributed by atoms with Crippen molar-refractivity contribution in [1.82, 2.24) is 5.32 Å². The fraction of sp³-hybridized carbons (Fsp3) is 0.200. The lowest BCUT2D eigenvalue weighted by Crippen LogP contribution is -2.31. The molecule has 0 saturated carbocycles. The van der Waals surface area contributed by atoms with Gasteiger partial charge in [-0.05, 0) is 17.7 Å². The van der Waals surface area contributed by atoms with Crippen molar-refractivity contribution in [3.8, 4) is 11.5 Å². The van der Waals surface area contributed by atoms with Crippen LogP contribution in [0.25, 0.3) is 0 Å². The van der Waals surface area contributed by atoms with E-state index in [0.29, 0.717) is 17.1 Å². The second-order valence-electron chi connectivity index (χ2n) is 5.54. The molecule has 2 aliphatic heterocycles. The van der Waals surface area contributed by atoms with Gasteiger partial charge in [0.2, 0.25) is 0 Å². The first-order valence-corrected chi connectivity index (χ1v) is 7.17. The Hall–Kier alpha value is -3.30. The number of ether oxygens (including phenoxy) is 2. The van der Waals surface area contributed by atoms with Gasteiger partial charge in [-0.2, -0.15) is 0 Å². The number of nitrogens with one attached hydrogen (secondary N) is 1. The van der Waals surface area contributed by atoms with Gasteiger partial charge in [-0.1, -0.05) is 0 Å². The summed E-state index contributed by atoms with van der Waals surface area (Å²) in [5.74, 6) is -0.402. The number of carbonyl (C=O) groups is 1. The molecule has 1 aromatic carbocycles. The van der Waals surface area contributed by atoms with Crippen LogP contribution < -0.4 is 14.8 Å². The third kappa shape index (κ3) is 2.71. The number of allylic oxidation sites excluding steroid dienone is 2. The number of aliphatic imine (C=N–C) groups is 1. The molecule has 0 atom stereocenters. The standard InChI is InChI=1S/C15H9F2N3O5/c16-15(17)24-11-4-8-5-13(18-10(8)6-12(11)25-15)19-14(21)7-1-2-9(3-7)20(22)23/h2-4,6H,1,5H2,(H,18,19,21). The molecule has 128 valence electrons. The molecule has 4 rings (SSSR count). The second-order valence-corrected chi connectivity index (χ2v) is 5.54. The first-order valence-electron chi connectivity index (χ1n) is 7.17. The molecule has 1 aromatic rings. The molecule has 3 aliphatic rings. The molecule has 1 aliphatic carbocycles. The van der Waals surface area contributed by atoms with Crippen molar-refractivity contribution >= 4 is 17.4 Å². The predicted octanol–water partition coefficient (Wildman–Crippen LogP) is 2.20. The average Bonchev–Trinajstić information content (AvgIpc) is 3.18. The van der Waals surface area contributed by atoms with Crippen LogP contribution in [0.5, 0.6) is 11.5 Å². The molecule has 0 saturated heterocycles. The monoisotopic (exact) mass is 349 g/mol. The molecule has 0 radical (unpaired) electrons. The third-order valence-corrected chi connectivity index (χ3v) is 3.83. The Morgan fingerprint density at radius 3 is 2.72 bits per heavy atom. The second kappa shape index (κ2) is 5.10. The van der Waals surface area contributed by atoms with Gasteiger partial charge in [-0.25, -0.2) is 4.99 Å². The van der Waals surface area contributed by atoms with Crippen molar-refractivity contribution in [2.24, 2.45) is 4.99 Å². The molecule has 10 heteroatoms. The van der Waals surface area contributed by atoms with E-state index in [9.17, 15) is 23.7 Å². The van der Waals surface area contributed by atoms with Crippen molar-refractivity contribution in [2.45, 2.75) is 19.1 Å². The zero-order chi connectivity index (χ0) is 17.8. The molecule has 1 amide bonds. The van der Waals surface area contributed by atoms with Crippen LogP contribution in [0.1, 0.15) is 12.0 Å². The van der Waals surface area contributed by atoms with Gasteiger partial charge in [0.05, 0.1) is 10.6 Å². The number of alkyl halides is 2. The van der Waals surface area contributed by atoms with E-state index in [1.165, 1.54) is 24.3 Å². The molecule has 2 heterocycles. The third-order valence-electron chi connectivity index (χ3n) is 3.83. The molecule has 8 nitrogen and oxygen atoms in total. The van der Waals surface area contributed by atoms with E-state index in [0.717, 1.165) is 0 Å². The average molecular weight is 349 g/mol. The minimum atomic E-state index is -3.70. The van der Waals surface area contributed by atoms with Gasteiger partial charge in [0.1, 0.15) is 5.84 Å². The molecular formula is C15H9F2N3O5. The smallest absolute Gasteiger partial charge is 0.395 e. The molecule has 0 bridgehead atoms. The van der Waals surface area contributed by atoms with Gasteiger partial charge in [0.15, 0.2) is 11.5 Å². The van der Waals surface area contributed by atoms with E-state index >= 15 is 0 Å². The number of amidine groups is 1. The van der Waals surface area contributed by atoms with Crippen LogP contribution >= 0.6 is 0 Å². The van der Waals surface area contributed by atoms with Crippen LogP contribution in [-0.2, 0) is 11.2 Å². The molecular weight excluding hydrogens is 340 g/mol. The van der Waals surface area contributed by atoms with E-state index < -0.39 is 17.1 Å². The van der Waals surface area contributed by atoms with E-state index in [2.05, 4.69) is 19.8 Å². The summed E-state index contributed by atoms with van der Waals surface area (Å²) in [5.41, 5.74) is 1.10. The molecule has 0 fully saturated rings. The number of nitrogens with zero attached hydrogens (tertiary/aromatic N) is 2. The van der Waals surface area contributed by atoms with Crippen LogP contribution in [0.4, 0.5) is 14.5 Å². The number of carbonyl (C=O) groups excluding carboxylic acids is 1. The summed E-state index contributed by atoms with van der Waals surface area (Å²) < 4.78 is 34.8. The fourth-order valence-corrected chi connectivity index (χ4v) is 2.72. The number of rotatable bonds is 2. The minimum absolute atomic E-state index is 0.0927. The highest BCUT2D eigenvalue weighted by molar-refractivity contribution is 6.09. The Labute approximate surface area is 138 Å². The Morgan fingerprint density at radius 2 is 2.04 bits per heavy atom. The minimum Gasteiger partial charge on any atom is -0.395 e. The molecule has 0 aromatic heterocycles. The Balaban J connectivity index is 1.48. The SMILES string of the molecule is O=C(NC1=Nc2cc3c(cc2C1)OC(F)(F)O3)C1=CC([N+](=O)[O-])=CC1. The number of nitro groups is 1. The van der Waals surface area contributed by atoms with Crippen molar-refractivity contribution in [1.29, 1.82) is 0 Å². The largest absolute Gasteiger partial charge is 0.586 e. The van der Waals surface area contributed by atoms with Crippen LogP contribution in [0.3, 0.4) is 0 Å². The Bertz CT molecular complexity index is 920. The van der Waals surface area contributed by atoms with E-state index in [1.807, 2.05) is 0 Å². The summed E-state index contributed by atoms with van der Waals surface area (Å²) >= 11 is 0. The normalized spacial score (nSPS) is 19.0. The first-order chi connectivity index (χ1) is 11.8. The number of benzene rings is 1. The van der Waals surface area contributed by atoms with E-state index in [-0.39, 0.29) is 35.6 Å². The quantitative estimate of drug-likeness (QED) is 0.651. The van der Waals surface area contributed by atoms with Crippen LogP contribution in [0, 0.1) is 10.1 Å². The number of halogens is 2. The van der Waals surface area contributed by atoms with Crippen LogP contribution in [0.15, 0.2) is 40.5 Å². The maximum Gasteiger partial charge on any atom is 0.586 e. The Kier molecular flexibility index (Phi) is 3.11. The first kappa shape index (κ1) is 15.2. The molecule has 0 spiro atoms. The van der Waals surface area contributed by atoms with Gasteiger partial charge in [-0.15, -0.1) is 8.78 Å². The van der Waals surface area contributed by atoms with Crippen molar-refractivity contribution in [3.63, 3.8) is 0 Å². The Morgan fingerprint density at radius 1 is 1.32 bits per heavy atom. The summed E-state index contributed by atoms with van der Waals surface area (Å²) in [6.07, 6.45) is -0.774. The van der Waals surface area contributed by atoms with Crippen LogP contribution in [-0.4, -0.2) is 23.0 Å². The highest BCUT2D eigenvalue weighted by atomic mass is 19.3. The van der Waals surface area contributed by atoms with E-state index in [4.69, 9.17) is 0 Å². The van der Waals surface area contributed by atoms with Crippen molar-refractivity contribution < 1.29 is 28.0 Å². The molecule has 1 N–H and O–H groups in total. The van der Waals surface area contributed by atoms with Gasteiger partial charge in [-0.3, -0.25) is 14.9 Å². The summed E-state index contributed by atoms with van der Waals surface area (Å²) in [6.45, 7) is 0. The zero-order valence-corrected chi connectivity index (χ0v) is 12.4. The maximum atomic E-state index is 13.0. The number of hydrogen-bond acceptors (Lipinski definition) is 6. The maximum absolute atomic E-state index is 13.0. The summed E-state index contributed by atoms with van der Waals surface area (Å²) in [7, 11) is 0. The number of hydrogen-bond donors (Lipinski definition) is 1. The lowest BCUT2D eigenvalue weighted by molar-refractivity contribution is -0.418. The lowest BCUT2D eigenvalue weighted by atomic mass is 10.1. The van der Waals surface area contributed by atoms with E-state index in [1.54, 1.807) is 0 Å². The lowest BCUT2D eigenvalue weighted by Gasteiger charge is -2.05. The highest BCUT2D eigenvalue weighted by Gasteiger charge is 2.44. The zero-order valence-electron chi connectivity index (χ0n) is 12.4. The summed E-state index contributed by atoms with van der Waals surface area (Å²) in [6, 6.07) is 2.70. The van der Waals surface area contributed by atoms with Crippen molar-refractivity contribution in [3.05, 3.63) is 51.2 Å². The summed E-state index contributed by atoms with van der Waals surface area (Å²) in [5, 5.41) is 13.2. The van der Waals surface area contributed by atoms with Gasteiger partial charge >= 0.3 is 6.29 Å². The number of fused-ring (bicyclic) bond motifs is 2. The van der Waals surface area contributed by atoms with Crippen LogP contribution in [0.2, 0.25) is 0 Å². The predicted molar refractivity (Wildman–Crippen MR) is 79.4 cm³/mol. The van der Waals surface area contributed by atoms with Gasteiger partial charge < -0.3 is 14.8 Å². The highest BCUT2D eigenvalue weighted by Crippen LogP contribution is 2.45.